The molecule has 7 heteroatoms. The maximum absolute atomic E-state index is 13.8. The van der Waals surface area contributed by atoms with Crippen molar-refractivity contribution in [2.75, 3.05) is 12.4 Å². The molecule has 1 aliphatic rings. The van der Waals surface area contributed by atoms with Crippen LogP contribution in [0.15, 0.2) is 78.9 Å². The van der Waals surface area contributed by atoms with Crippen molar-refractivity contribution in [3.8, 4) is 28.3 Å². The first-order chi connectivity index (χ1) is 17.6. The van der Waals surface area contributed by atoms with Crippen molar-refractivity contribution in [3.05, 3.63) is 95.9 Å². The average molecular weight is 497 g/mol. The summed E-state index contributed by atoms with van der Waals surface area (Å²) in [5.74, 6) is 1.44. The van der Waals surface area contributed by atoms with Gasteiger partial charge in [-0.25, -0.2) is 8.91 Å². The number of para-hydroxylation sites is 1. The van der Waals surface area contributed by atoms with Gasteiger partial charge < -0.3 is 14.6 Å². The SMILES string of the molecule is COc1ccc(-c2nn3c(C(=S)Nc4ccccc4)c(-c4ccc(F)cc4)c4c3n2CCCC4)cc1. The number of nitrogens with one attached hydrogen (secondary N) is 1. The third kappa shape index (κ3) is 3.85. The van der Waals surface area contributed by atoms with Crippen molar-refractivity contribution in [2.24, 2.45) is 0 Å². The van der Waals surface area contributed by atoms with Crippen LogP contribution in [0.25, 0.3) is 28.2 Å². The van der Waals surface area contributed by atoms with Gasteiger partial charge >= 0.3 is 0 Å². The fourth-order valence-corrected chi connectivity index (χ4v) is 5.35. The quantitative estimate of drug-likeness (QED) is 0.274. The van der Waals surface area contributed by atoms with Crippen molar-refractivity contribution in [1.29, 1.82) is 0 Å². The summed E-state index contributed by atoms with van der Waals surface area (Å²) >= 11 is 5.99. The van der Waals surface area contributed by atoms with Gasteiger partial charge in [-0.15, -0.1) is 5.10 Å². The predicted molar refractivity (Wildman–Crippen MR) is 145 cm³/mol. The molecule has 180 valence electrons. The van der Waals surface area contributed by atoms with E-state index in [0.717, 1.165) is 71.1 Å². The largest absolute Gasteiger partial charge is 0.497 e. The molecule has 2 aromatic heterocycles. The van der Waals surface area contributed by atoms with Crippen LogP contribution in [0.5, 0.6) is 5.75 Å². The van der Waals surface area contributed by atoms with Gasteiger partial charge in [0.15, 0.2) is 5.82 Å². The summed E-state index contributed by atoms with van der Waals surface area (Å²) < 4.78 is 23.5. The standard InChI is InChI=1S/C29H25FN4OS/c1-35-23-16-12-20(13-17-23)27-32-34-26(28(36)31-22-7-3-2-4-8-22)25(19-10-14-21(30)15-11-19)24-9-5-6-18-33(27)29(24)34/h2-4,7-8,10-17H,5-6,9,18H2,1H3,(H,31,36). The molecule has 0 saturated carbocycles. The van der Waals surface area contributed by atoms with E-state index in [1.807, 2.05) is 71.2 Å². The van der Waals surface area contributed by atoms with Crippen molar-refractivity contribution < 1.29 is 9.13 Å². The number of anilines is 1. The van der Waals surface area contributed by atoms with E-state index in [9.17, 15) is 4.39 Å². The summed E-state index contributed by atoms with van der Waals surface area (Å²) in [6.45, 7) is 0.864. The molecule has 36 heavy (non-hydrogen) atoms. The zero-order valence-corrected chi connectivity index (χ0v) is 20.7. The van der Waals surface area contributed by atoms with Crippen LogP contribution in [0.2, 0.25) is 0 Å². The minimum atomic E-state index is -0.260. The second kappa shape index (κ2) is 9.24. The summed E-state index contributed by atoms with van der Waals surface area (Å²) in [6, 6.07) is 24.5. The molecule has 5 aromatic rings. The van der Waals surface area contributed by atoms with Gasteiger partial charge in [0.2, 0.25) is 0 Å². The zero-order chi connectivity index (χ0) is 24.6. The number of hydrogen-bond donors (Lipinski definition) is 1. The van der Waals surface area contributed by atoms with Crippen LogP contribution < -0.4 is 10.1 Å². The topological polar surface area (TPSA) is 43.5 Å². The highest BCUT2D eigenvalue weighted by molar-refractivity contribution is 7.81. The Bertz CT molecular complexity index is 1550. The molecule has 0 fully saturated rings. The Kier molecular flexibility index (Phi) is 5.77. The number of nitrogens with zero attached hydrogens (tertiary/aromatic N) is 3. The van der Waals surface area contributed by atoms with Crippen LogP contribution in [0.4, 0.5) is 10.1 Å². The lowest BCUT2D eigenvalue weighted by Gasteiger charge is -2.12. The van der Waals surface area contributed by atoms with Crippen LogP contribution in [0.3, 0.4) is 0 Å². The molecular weight excluding hydrogens is 471 g/mol. The number of aromatic nitrogens is 3. The van der Waals surface area contributed by atoms with Gasteiger partial charge in [0.25, 0.3) is 0 Å². The molecule has 0 bridgehead atoms. The molecule has 0 aliphatic carbocycles. The summed E-state index contributed by atoms with van der Waals surface area (Å²) in [5, 5.41) is 8.52. The van der Waals surface area contributed by atoms with E-state index in [1.54, 1.807) is 7.11 Å². The number of thiocarbonyl (C=S) groups is 1. The molecule has 3 heterocycles. The van der Waals surface area contributed by atoms with Gasteiger partial charge in [0.05, 0.1) is 7.11 Å². The normalized spacial score (nSPS) is 12.9. The van der Waals surface area contributed by atoms with E-state index in [-0.39, 0.29) is 5.82 Å². The van der Waals surface area contributed by atoms with E-state index in [2.05, 4.69) is 9.88 Å². The van der Waals surface area contributed by atoms with Gasteiger partial charge in [0, 0.05) is 28.9 Å². The van der Waals surface area contributed by atoms with Gasteiger partial charge in [-0.3, -0.25) is 0 Å². The third-order valence-corrected chi connectivity index (χ3v) is 7.01. The Hall–Kier alpha value is -3.97. The summed E-state index contributed by atoms with van der Waals surface area (Å²) in [6.07, 6.45) is 3.00. The Morgan fingerprint density at radius 1 is 0.944 bits per heavy atom. The average Bonchev–Trinajstić information content (AvgIpc) is 3.32. The molecule has 0 saturated heterocycles. The van der Waals surface area contributed by atoms with E-state index < -0.39 is 0 Å². The van der Waals surface area contributed by atoms with Crippen molar-refractivity contribution in [1.82, 2.24) is 14.2 Å². The fraction of sp³-hybridized carbons (Fsp3) is 0.172. The first-order valence-corrected chi connectivity index (χ1v) is 12.5. The number of aryl methyl sites for hydroxylation is 2. The Morgan fingerprint density at radius 2 is 1.67 bits per heavy atom. The molecule has 0 radical (unpaired) electrons. The second-order valence-electron chi connectivity index (χ2n) is 8.93. The van der Waals surface area contributed by atoms with Crippen LogP contribution in [0.1, 0.15) is 24.1 Å². The zero-order valence-electron chi connectivity index (χ0n) is 19.9. The monoisotopic (exact) mass is 496 g/mol. The van der Waals surface area contributed by atoms with Gasteiger partial charge in [-0.05, 0) is 73.4 Å². The molecule has 5 nitrogen and oxygen atoms in total. The Morgan fingerprint density at radius 3 is 2.39 bits per heavy atom. The Labute approximate surface area is 214 Å². The fourth-order valence-electron chi connectivity index (χ4n) is 5.04. The number of hydrogen-bond acceptors (Lipinski definition) is 3. The van der Waals surface area contributed by atoms with Crippen molar-refractivity contribution in [3.63, 3.8) is 0 Å². The molecule has 6 rings (SSSR count). The number of rotatable bonds is 5. The molecule has 0 unspecified atom stereocenters. The highest BCUT2D eigenvalue weighted by atomic mass is 32.1. The lowest BCUT2D eigenvalue weighted by Crippen LogP contribution is -2.14. The smallest absolute Gasteiger partial charge is 0.162 e. The lowest BCUT2D eigenvalue weighted by atomic mass is 9.98. The van der Waals surface area contributed by atoms with Gasteiger partial charge in [-0.2, -0.15) is 0 Å². The molecule has 3 aromatic carbocycles. The molecule has 0 amide bonds. The van der Waals surface area contributed by atoms with E-state index in [0.29, 0.717) is 4.99 Å². The number of benzene rings is 3. The minimum absolute atomic E-state index is 0.260. The number of halogens is 1. The highest BCUT2D eigenvalue weighted by Crippen LogP contribution is 2.39. The van der Waals surface area contributed by atoms with E-state index >= 15 is 0 Å². The highest BCUT2D eigenvalue weighted by Gasteiger charge is 2.29. The van der Waals surface area contributed by atoms with Gasteiger partial charge in [0.1, 0.15) is 27.9 Å². The van der Waals surface area contributed by atoms with E-state index in [1.165, 1.54) is 17.7 Å². The number of methoxy groups -OCH3 is 1. The van der Waals surface area contributed by atoms with Crippen LogP contribution >= 0.6 is 12.2 Å². The maximum atomic E-state index is 13.8. The first-order valence-electron chi connectivity index (χ1n) is 12.0. The summed E-state index contributed by atoms with van der Waals surface area (Å²) in [7, 11) is 1.67. The molecular formula is C29H25FN4OS. The molecule has 1 aliphatic heterocycles. The molecule has 1 N–H and O–H groups in total. The predicted octanol–water partition coefficient (Wildman–Crippen LogP) is 6.74. The van der Waals surface area contributed by atoms with E-state index in [4.69, 9.17) is 22.1 Å². The van der Waals surface area contributed by atoms with Crippen LogP contribution in [0, 0.1) is 5.82 Å². The third-order valence-electron chi connectivity index (χ3n) is 6.71. The van der Waals surface area contributed by atoms with Crippen molar-refractivity contribution in [2.45, 2.75) is 25.8 Å². The summed E-state index contributed by atoms with van der Waals surface area (Å²) in [4.78, 5) is 0.577. The van der Waals surface area contributed by atoms with Gasteiger partial charge in [-0.1, -0.05) is 42.5 Å². The molecule has 0 spiro atoms. The maximum Gasteiger partial charge on any atom is 0.162 e. The lowest BCUT2D eigenvalue weighted by molar-refractivity contribution is 0.415. The van der Waals surface area contributed by atoms with Crippen LogP contribution in [-0.2, 0) is 13.0 Å². The second-order valence-corrected chi connectivity index (χ2v) is 9.33. The minimum Gasteiger partial charge on any atom is -0.497 e. The van der Waals surface area contributed by atoms with Crippen LogP contribution in [-0.4, -0.2) is 26.3 Å². The van der Waals surface area contributed by atoms with Crippen molar-refractivity contribution >= 4 is 28.5 Å². The summed E-state index contributed by atoms with van der Waals surface area (Å²) in [5.41, 5.74) is 6.94. The Balaban J connectivity index is 1.60. The number of ether oxygens (including phenoxy) is 1. The molecule has 0 atom stereocenters. The first kappa shape index (κ1) is 22.5.